The lowest BCUT2D eigenvalue weighted by molar-refractivity contribution is -0.193. The van der Waals surface area contributed by atoms with Gasteiger partial charge in [0.1, 0.15) is 17.2 Å². The summed E-state index contributed by atoms with van der Waals surface area (Å²) in [5, 5.41) is 21.1. The van der Waals surface area contributed by atoms with E-state index in [-0.39, 0.29) is 0 Å². The van der Waals surface area contributed by atoms with E-state index in [1.54, 1.807) is 17.7 Å². The van der Waals surface area contributed by atoms with Crippen molar-refractivity contribution in [3.63, 3.8) is 0 Å². The molecule has 0 bridgehead atoms. The van der Waals surface area contributed by atoms with Crippen LogP contribution >= 0.6 is 11.3 Å². The predicted molar refractivity (Wildman–Crippen MR) is 115 cm³/mol. The molecule has 1 aliphatic heterocycles. The number of hydrogen-bond donors (Lipinski definition) is 3. The molecule has 0 radical (unpaired) electrons. The lowest BCUT2D eigenvalue weighted by Gasteiger charge is -2.28. The van der Waals surface area contributed by atoms with Gasteiger partial charge in [-0.2, -0.15) is 26.3 Å². The fourth-order valence-electron chi connectivity index (χ4n) is 3.12. The van der Waals surface area contributed by atoms with E-state index < -0.39 is 24.3 Å². The van der Waals surface area contributed by atoms with Crippen LogP contribution in [0.5, 0.6) is 0 Å². The van der Waals surface area contributed by atoms with Crippen molar-refractivity contribution >= 4 is 29.1 Å². The third-order valence-electron chi connectivity index (χ3n) is 5.15. The number of alkyl halides is 6. The SMILES string of the molecule is O=C(O)C(F)(F)F.O=C(O)C(F)(F)F.c1csc(CN2CCc3ncnc(NC4CCC4)c3CC2)n1. The van der Waals surface area contributed by atoms with E-state index in [2.05, 4.69) is 25.2 Å². The van der Waals surface area contributed by atoms with E-state index in [0.717, 1.165) is 38.3 Å². The maximum Gasteiger partial charge on any atom is 0.490 e. The summed E-state index contributed by atoms with van der Waals surface area (Å²) in [5.74, 6) is -4.44. The Morgan fingerprint density at radius 2 is 1.58 bits per heavy atom. The molecule has 2 aromatic heterocycles. The summed E-state index contributed by atoms with van der Waals surface area (Å²) in [6.45, 7) is 3.05. The fourth-order valence-corrected chi connectivity index (χ4v) is 3.78. The van der Waals surface area contributed by atoms with Gasteiger partial charge in [-0.1, -0.05) is 0 Å². The van der Waals surface area contributed by atoms with E-state index in [1.807, 2.05) is 11.6 Å². The Labute approximate surface area is 205 Å². The number of carbonyl (C=O) groups is 2. The van der Waals surface area contributed by atoms with Crippen LogP contribution in [-0.2, 0) is 29.0 Å². The van der Waals surface area contributed by atoms with Crippen molar-refractivity contribution in [1.29, 1.82) is 0 Å². The maximum atomic E-state index is 10.6. The average molecular weight is 543 g/mol. The van der Waals surface area contributed by atoms with Crippen molar-refractivity contribution in [2.24, 2.45) is 0 Å². The molecule has 0 spiro atoms. The molecule has 4 rings (SSSR count). The minimum Gasteiger partial charge on any atom is -0.475 e. The van der Waals surface area contributed by atoms with E-state index in [0.29, 0.717) is 6.04 Å². The molecule has 3 heterocycles. The lowest BCUT2D eigenvalue weighted by Crippen LogP contribution is -2.28. The number of thiazole rings is 1. The van der Waals surface area contributed by atoms with Crippen LogP contribution in [0.25, 0.3) is 0 Å². The normalized spacial score (nSPS) is 16.2. The summed E-state index contributed by atoms with van der Waals surface area (Å²) in [6.07, 6.45) is -0.648. The fraction of sp³-hybridized carbons (Fsp3) is 0.550. The Morgan fingerprint density at radius 3 is 2.06 bits per heavy atom. The number of nitrogens with zero attached hydrogens (tertiary/aromatic N) is 4. The Morgan fingerprint density at radius 1 is 1.00 bits per heavy atom. The van der Waals surface area contributed by atoms with E-state index in [9.17, 15) is 26.3 Å². The second-order valence-electron chi connectivity index (χ2n) is 7.73. The number of nitrogens with one attached hydrogen (secondary N) is 1. The van der Waals surface area contributed by atoms with Crippen molar-refractivity contribution in [2.75, 3.05) is 18.4 Å². The molecule has 200 valence electrons. The predicted octanol–water partition coefficient (Wildman–Crippen LogP) is 3.76. The minimum atomic E-state index is -5.08. The number of hydrogen-bond acceptors (Lipinski definition) is 8. The number of aromatic nitrogens is 3. The molecule has 0 amide bonds. The zero-order valence-electron chi connectivity index (χ0n) is 18.6. The molecule has 16 heteroatoms. The van der Waals surface area contributed by atoms with E-state index >= 15 is 0 Å². The molecule has 36 heavy (non-hydrogen) atoms. The molecule has 3 N–H and O–H groups in total. The van der Waals surface area contributed by atoms with Gasteiger partial charge in [0.2, 0.25) is 0 Å². The summed E-state index contributed by atoms with van der Waals surface area (Å²) >= 11 is 1.74. The monoisotopic (exact) mass is 543 g/mol. The lowest BCUT2D eigenvalue weighted by atomic mass is 9.93. The third-order valence-corrected chi connectivity index (χ3v) is 5.92. The molecule has 0 saturated heterocycles. The molecule has 0 aromatic carbocycles. The minimum absolute atomic E-state index is 0.619. The number of halogens is 6. The van der Waals surface area contributed by atoms with Gasteiger partial charge in [0.25, 0.3) is 0 Å². The highest BCUT2D eigenvalue weighted by Gasteiger charge is 2.38. The van der Waals surface area contributed by atoms with Crippen LogP contribution < -0.4 is 5.32 Å². The maximum absolute atomic E-state index is 10.6. The standard InChI is InChI=1S/C16H21N5S.2C2HF3O2/c1-2-12(3-1)20-16-13-4-7-21(10-15-17-6-9-22-15)8-5-14(13)18-11-19-16;2*3-2(4,5)1(6)7/h6,9,11-12H,1-5,7-8,10H2,(H,18,19,20);2*(H,6,7). The van der Waals surface area contributed by atoms with Crippen molar-refractivity contribution < 1.29 is 46.1 Å². The first-order valence-corrected chi connectivity index (χ1v) is 11.5. The molecule has 0 atom stereocenters. The van der Waals surface area contributed by atoms with E-state index in [4.69, 9.17) is 19.8 Å². The molecule has 2 aliphatic rings. The molecule has 1 aliphatic carbocycles. The van der Waals surface area contributed by atoms with Crippen LogP contribution in [-0.4, -0.2) is 73.5 Å². The summed E-state index contributed by atoms with van der Waals surface area (Å²) in [5.41, 5.74) is 2.55. The molecular weight excluding hydrogens is 520 g/mol. The quantitative estimate of drug-likeness (QED) is 0.494. The van der Waals surface area contributed by atoms with Gasteiger partial charge in [-0.3, -0.25) is 4.90 Å². The highest BCUT2D eigenvalue weighted by molar-refractivity contribution is 7.09. The highest BCUT2D eigenvalue weighted by atomic mass is 32.1. The smallest absolute Gasteiger partial charge is 0.475 e. The summed E-state index contributed by atoms with van der Waals surface area (Å²) in [6, 6.07) is 0.619. The summed E-state index contributed by atoms with van der Waals surface area (Å²) in [7, 11) is 0. The number of rotatable bonds is 4. The molecule has 0 unspecified atom stereocenters. The summed E-state index contributed by atoms with van der Waals surface area (Å²) in [4.78, 5) is 33.7. The Bertz CT molecular complexity index is 975. The second kappa shape index (κ2) is 12.8. The van der Waals surface area contributed by atoms with Gasteiger partial charge in [-0.25, -0.2) is 24.5 Å². The van der Waals surface area contributed by atoms with Crippen LogP contribution in [0.4, 0.5) is 32.2 Å². The van der Waals surface area contributed by atoms with Crippen LogP contribution in [0, 0.1) is 0 Å². The van der Waals surface area contributed by atoms with Gasteiger partial charge in [0, 0.05) is 42.7 Å². The van der Waals surface area contributed by atoms with Gasteiger partial charge in [0.05, 0.1) is 12.2 Å². The van der Waals surface area contributed by atoms with Crippen LogP contribution in [0.3, 0.4) is 0 Å². The van der Waals surface area contributed by atoms with E-state index in [1.165, 1.54) is 35.5 Å². The number of aliphatic carboxylic acids is 2. The number of anilines is 1. The van der Waals surface area contributed by atoms with Gasteiger partial charge in [-0.05, 0) is 25.7 Å². The molecule has 2 aromatic rings. The highest BCUT2D eigenvalue weighted by Crippen LogP contribution is 2.27. The molecule has 1 saturated carbocycles. The first-order valence-electron chi connectivity index (χ1n) is 10.6. The van der Waals surface area contributed by atoms with Crippen molar-refractivity contribution in [1.82, 2.24) is 19.9 Å². The third kappa shape index (κ3) is 9.56. The molecule has 9 nitrogen and oxygen atoms in total. The zero-order valence-corrected chi connectivity index (χ0v) is 19.5. The second-order valence-corrected chi connectivity index (χ2v) is 8.71. The first kappa shape index (κ1) is 29.2. The van der Waals surface area contributed by atoms with Crippen LogP contribution in [0.2, 0.25) is 0 Å². The number of carboxylic acids is 2. The van der Waals surface area contributed by atoms with Gasteiger partial charge in [0.15, 0.2) is 0 Å². The largest absolute Gasteiger partial charge is 0.490 e. The molecular formula is C20H23F6N5O4S. The van der Waals surface area contributed by atoms with Crippen molar-refractivity contribution in [3.8, 4) is 0 Å². The van der Waals surface area contributed by atoms with Gasteiger partial charge < -0.3 is 15.5 Å². The Kier molecular flexibility index (Phi) is 10.4. The summed E-state index contributed by atoms with van der Waals surface area (Å²) < 4.78 is 63.5. The van der Waals surface area contributed by atoms with Crippen LogP contribution in [0.15, 0.2) is 17.9 Å². The van der Waals surface area contributed by atoms with Crippen LogP contribution in [0.1, 0.15) is 35.5 Å². The Hall–Kier alpha value is -3.01. The van der Waals surface area contributed by atoms with Crippen molar-refractivity contribution in [3.05, 3.63) is 34.2 Å². The Balaban J connectivity index is 0.000000271. The molecule has 1 fully saturated rings. The first-order chi connectivity index (χ1) is 16.8. The van der Waals surface area contributed by atoms with Gasteiger partial charge >= 0.3 is 24.3 Å². The number of carboxylic acid groups (broad SMARTS) is 2. The average Bonchev–Trinajstić information content (AvgIpc) is 3.17. The zero-order chi connectivity index (χ0) is 26.9. The van der Waals surface area contributed by atoms with Gasteiger partial charge in [-0.15, -0.1) is 11.3 Å². The van der Waals surface area contributed by atoms with Crippen molar-refractivity contribution in [2.45, 2.75) is 57.0 Å². The topological polar surface area (TPSA) is 129 Å². The number of fused-ring (bicyclic) bond motifs is 1.